The largest absolute Gasteiger partial charge is 0.391 e. The lowest BCUT2D eigenvalue weighted by molar-refractivity contribution is -0.183. The Kier molecular flexibility index (Phi) is 4.31. The fourth-order valence-corrected chi connectivity index (χ4v) is 1.93. The zero-order valence-corrected chi connectivity index (χ0v) is 8.16. The smallest absolute Gasteiger partial charge is 0.309 e. The van der Waals surface area contributed by atoms with Gasteiger partial charge in [-0.15, -0.1) is 0 Å². The number of halogens is 5. The maximum absolute atomic E-state index is 12.3. The first-order valence-electron chi connectivity index (χ1n) is 4.98. The van der Waals surface area contributed by atoms with Crippen molar-refractivity contribution >= 4 is 0 Å². The summed E-state index contributed by atoms with van der Waals surface area (Å²) in [5.41, 5.74) is 0. The maximum atomic E-state index is 12.3. The Labute approximate surface area is 85.0 Å². The predicted octanol–water partition coefficient (Wildman–Crippen LogP) is 2.96. The van der Waals surface area contributed by atoms with Crippen molar-refractivity contribution in [2.75, 3.05) is 6.54 Å². The highest BCUT2D eigenvalue weighted by Crippen LogP contribution is 2.37. The first kappa shape index (κ1) is 12.7. The van der Waals surface area contributed by atoms with E-state index in [-0.39, 0.29) is 12.8 Å². The first-order chi connectivity index (χ1) is 6.89. The summed E-state index contributed by atoms with van der Waals surface area (Å²) in [6.07, 6.45) is -5.64. The summed E-state index contributed by atoms with van der Waals surface area (Å²) in [7, 11) is 0. The van der Waals surface area contributed by atoms with Gasteiger partial charge in [-0.3, -0.25) is 0 Å². The van der Waals surface area contributed by atoms with Crippen molar-refractivity contribution < 1.29 is 22.0 Å². The van der Waals surface area contributed by atoms with Gasteiger partial charge < -0.3 is 5.32 Å². The second-order valence-electron chi connectivity index (χ2n) is 3.90. The zero-order chi connectivity index (χ0) is 11.5. The van der Waals surface area contributed by atoms with Gasteiger partial charge in [-0.2, -0.15) is 13.2 Å². The van der Waals surface area contributed by atoms with Gasteiger partial charge in [-0.25, -0.2) is 8.78 Å². The highest BCUT2D eigenvalue weighted by molar-refractivity contribution is 4.81. The van der Waals surface area contributed by atoms with Crippen LogP contribution in [0.2, 0.25) is 0 Å². The molecule has 0 amide bonds. The molecule has 0 spiro atoms. The topological polar surface area (TPSA) is 12.0 Å². The zero-order valence-electron chi connectivity index (χ0n) is 8.16. The van der Waals surface area contributed by atoms with Crippen LogP contribution in [0.15, 0.2) is 0 Å². The molecule has 2 atom stereocenters. The van der Waals surface area contributed by atoms with E-state index < -0.39 is 31.1 Å². The summed E-state index contributed by atoms with van der Waals surface area (Å²) >= 11 is 0. The lowest BCUT2D eigenvalue weighted by atomic mass is 9.85. The van der Waals surface area contributed by atoms with Crippen molar-refractivity contribution in [3.63, 3.8) is 0 Å². The van der Waals surface area contributed by atoms with E-state index in [1.54, 1.807) is 0 Å². The summed E-state index contributed by atoms with van der Waals surface area (Å²) in [4.78, 5) is 0. The molecule has 1 aliphatic carbocycles. The van der Waals surface area contributed by atoms with Gasteiger partial charge in [0.25, 0.3) is 6.43 Å². The van der Waals surface area contributed by atoms with Gasteiger partial charge in [0.1, 0.15) is 0 Å². The van der Waals surface area contributed by atoms with Crippen molar-refractivity contribution in [3.8, 4) is 0 Å². The van der Waals surface area contributed by atoms with E-state index in [4.69, 9.17) is 0 Å². The quantitative estimate of drug-likeness (QED) is 0.736. The molecule has 0 radical (unpaired) electrons. The van der Waals surface area contributed by atoms with Crippen LogP contribution in [0, 0.1) is 5.92 Å². The third-order valence-electron chi connectivity index (χ3n) is 2.70. The van der Waals surface area contributed by atoms with E-state index in [0.717, 1.165) is 0 Å². The number of hydrogen-bond acceptors (Lipinski definition) is 1. The third-order valence-corrected chi connectivity index (χ3v) is 2.70. The molecule has 1 saturated carbocycles. The van der Waals surface area contributed by atoms with Gasteiger partial charge >= 0.3 is 6.18 Å². The standard InChI is InChI=1S/C9H14F5N/c10-8(11)5-15-7-3-1-2-6(4-7)9(12,13)14/h6-8,15H,1-5H2. The van der Waals surface area contributed by atoms with Crippen LogP contribution in [0.3, 0.4) is 0 Å². The second-order valence-corrected chi connectivity index (χ2v) is 3.90. The average molecular weight is 231 g/mol. The van der Waals surface area contributed by atoms with Crippen LogP contribution < -0.4 is 5.32 Å². The highest BCUT2D eigenvalue weighted by Gasteiger charge is 2.42. The van der Waals surface area contributed by atoms with E-state index in [9.17, 15) is 22.0 Å². The molecule has 0 heterocycles. The molecule has 0 aromatic heterocycles. The van der Waals surface area contributed by atoms with Crippen molar-refractivity contribution in [2.24, 2.45) is 5.92 Å². The Morgan fingerprint density at radius 3 is 2.40 bits per heavy atom. The molecule has 0 aliphatic heterocycles. The molecule has 6 heteroatoms. The van der Waals surface area contributed by atoms with Crippen LogP contribution in [-0.4, -0.2) is 25.2 Å². The second kappa shape index (κ2) is 5.09. The Morgan fingerprint density at radius 1 is 1.20 bits per heavy atom. The van der Waals surface area contributed by atoms with Crippen molar-refractivity contribution in [2.45, 2.75) is 44.3 Å². The van der Waals surface area contributed by atoms with Crippen molar-refractivity contribution in [3.05, 3.63) is 0 Å². The Hall–Kier alpha value is -0.390. The van der Waals surface area contributed by atoms with E-state index in [2.05, 4.69) is 5.32 Å². The summed E-state index contributed by atoms with van der Waals surface area (Å²) in [5, 5.41) is 2.47. The normalized spacial score (nSPS) is 28.4. The average Bonchev–Trinajstić information content (AvgIpc) is 2.14. The van der Waals surface area contributed by atoms with E-state index in [1.165, 1.54) is 0 Å². The van der Waals surface area contributed by atoms with E-state index >= 15 is 0 Å². The number of rotatable bonds is 3. The van der Waals surface area contributed by atoms with Gasteiger partial charge in [0, 0.05) is 6.04 Å². The SMILES string of the molecule is FC(F)CNC1CCCC(C(F)(F)F)C1. The minimum atomic E-state index is -4.19. The van der Waals surface area contributed by atoms with Gasteiger partial charge in [0.05, 0.1) is 12.5 Å². The van der Waals surface area contributed by atoms with Gasteiger partial charge in [-0.05, 0) is 19.3 Å². The van der Waals surface area contributed by atoms with E-state index in [0.29, 0.717) is 12.8 Å². The Balaban J connectivity index is 2.36. The van der Waals surface area contributed by atoms with Crippen molar-refractivity contribution in [1.29, 1.82) is 0 Å². The molecular weight excluding hydrogens is 217 g/mol. The third kappa shape index (κ3) is 4.32. The molecule has 0 aromatic carbocycles. The fraction of sp³-hybridized carbons (Fsp3) is 1.00. The van der Waals surface area contributed by atoms with Crippen LogP contribution in [0.5, 0.6) is 0 Å². The van der Waals surface area contributed by atoms with Crippen LogP contribution in [-0.2, 0) is 0 Å². The van der Waals surface area contributed by atoms with Crippen LogP contribution in [0.4, 0.5) is 22.0 Å². The van der Waals surface area contributed by atoms with Gasteiger partial charge in [0.2, 0.25) is 0 Å². The van der Waals surface area contributed by atoms with Gasteiger partial charge in [-0.1, -0.05) is 6.42 Å². The summed E-state index contributed by atoms with van der Waals surface area (Å²) in [6, 6.07) is -0.417. The molecule has 2 unspecified atom stereocenters. The molecule has 1 N–H and O–H groups in total. The van der Waals surface area contributed by atoms with Crippen molar-refractivity contribution in [1.82, 2.24) is 5.32 Å². The van der Waals surface area contributed by atoms with Crippen LogP contribution in [0.25, 0.3) is 0 Å². The molecule has 15 heavy (non-hydrogen) atoms. The predicted molar refractivity (Wildman–Crippen MR) is 45.8 cm³/mol. The summed E-state index contributed by atoms with van der Waals surface area (Å²) < 4.78 is 60.7. The molecule has 90 valence electrons. The summed E-state index contributed by atoms with van der Waals surface area (Å²) in [6.45, 7) is -0.519. The molecule has 1 fully saturated rings. The lowest BCUT2D eigenvalue weighted by Crippen LogP contribution is -2.40. The summed E-state index contributed by atoms with van der Waals surface area (Å²) in [5.74, 6) is -1.33. The molecular formula is C9H14F5N. The highest BCUT2D eigenvalue weighted by atomic mass is 19.4. The molecule has 0 saturated heterocycles. The lowest BCUT2D eigenvalue weighted by Gasteiger charge is -2.31. The van der Waals surface area contributed by atoms with Crippen LogP contribution >= 0.6 is 0 Å². The Bertz CT molecular complexity index is 191. The minimum Gasteiger partial charge on any atom is -0.309 e. The maximum Gasteiger partial charge on any atom is 0.391 e. The number of hydrogen-bond donors (Lipinski definition) is 1. The number of alkyl halides is 5. The molecule has 0 bridgehead atoms. The first-order valence-corrected chi connectivity index (χ1v) is 4.98. The van der Waals surface area contributed by atoms with E-state index in [1.807, 2.05) is 0 Å². The minimum absolute atomic E-state index is 0.0732. The monoisotopic (exact) mass is 231 g/mol. The Morgan fingerprint density at radius 2 is 1.87 bits per heavy atom. The molecule has 1 aliphatic rings. The fourth-order valence-electron chi connectivity index (χ4n) is 1.93. The number of nitrogens with one attached hydrogen (secondary N) is 1. The van der Waals surface area contributed by atoms with Crippen LogP contribution in [0.1, 0.15) is 25.7 Å². The van der Waals surface area contributed by atoms with Gasteiger partial charge in [0.15, 0.2) is 0 Å². The molecule has 1 nitrogen and oxygen atoms in total. The molecule has 0 aromatic rings. The molecule has 1 rings (SSSR count).